The Morgan fingerprint density at radius 2 is 1.88 bits per heavy atom. The maximum Gasteiger partial charge on any atom is 0.248 e. The van der Waals surface area contributed by atoms with Crippen LogP contribution in [0, 0.1) is 11.8 Å². The standard InChI is InChI=1S/C20H23N3O2/c1-12-18(21-15-6-4-3-5-7-15)19-16(10-11-17(25)22-19)23(13(2)24)20(12)14-8-9-14/h3-7,10-12,14,18,20-21H,8-9H2,1-2H3,(H,22,25)/t12-,18?,20?/m1/s1. The first-order valence-corrected chi connectivity index (χ1v) is 8.91. The van der Waals surface area contributed by atoms with Crippen LogP contribution < -0.4 is 15.8 Å². The zero-order valence-electron chi connectivity index (χ0n) is 14.5. The summed E-state index contributed by atoms with van der Waals surface area (Å²) in [5.74, 6) is 0.774. The number of H-pyrrole nitrogens is 1. The molecule has 4 rings (SSSR count). The topological polar surface area (TPSA) is 65.2 Å². The van der Waals surface area contributed by atoms with Crippen LogP contribution in [-0.4, -0.2) is 16.9 Å². The van der Waals surface area contributed by atoms with E-state index in [1.54, 1.807) is 13.0 Å². The van der Waals surface area contributed by atoms with E-state index in [0.29, 0.717) is 5.92 Å². The number of nitrogens with zero attached hydrogens (tertiary/aromatic N) is 1. The van der Waals surface area contributed by atoms with Crippen LogP contribution in [0.1, 0.15) is 38.4 Å². The van der Waals surface area contributed by atoms with Gasteiger partial charge in [-0.25, -0.2) is 0 Å². The highest BCUT2D eigenvalue weighted by molar-refractivity contribution is 5.93. The normalized spacial score (nSPS) is 25.4. The molecule has 5 nitrogen and oxygen atoms in total. The lowest BCUT2D eigenvalue weighted by atomic mass is 9.82. The Morgan fingerprint density at radius 3 is 2.52 bits per heavy atom. The van der Waals surface area contributed by atoms with E-state index in [9.17, 15) is 9.59 Å². The van der Waals surface area contributed by atoms with Crippen molar-refractivity contribution in [2.24, 2.45) is 11.8 Å². The summed E-state index contributed by atoms with van der Waals surface area (Å²) in [4.78, 5) is 29.3. The number of hydrogen-bond donors (Lipinski definition) is 2. The Bertz CT molecular complexity index is 842. The van der Waals surface area contributed by atoms with Gasteiger partial charge in [-0.2, -0.15) is 0 Å². The van der Waals surface area contributed by atoms with E-state index in [1.165, 1.54) is 6.07 Å². The monoisotopic (exact) mass is 337 g/mol. The number of hydrogen-bond acceptors (Lipinski definition) is 3. The van der Waals surface area contributed by atoms with E-state index >= 15 is 0 Å². The van der Waals surface area contributed by atoms with E-state index < -0.39 is 0 Å². The number of aromatic amines is 1. The lowest BCUT2D eigenvalue weighted by Crippen LogP contribution is -2.51. The van der Waals surface area contributed by atoms with Gasteiger partial charge in [0, 0.05) is 30.6 Å². The van der Waals surface area contributed by atoms with E-state index in [-0.39, 0.29) is 29.5 Å². The SMILES string of the molecule is CC(=O)N1c2ccc(=O)[nH]c2C(Nc2ccccc2)[C@@H](C)C1C1CC1. The zero-order chi connectivity index (χ0) is 17.6. The summed E-state index contributed by atoms with van der Waals surface area (Å²) in [7, 11) is 0. The van der Waals surface area contributed by atoms with Crippen molar-refractivity contribution in [2.75, 3.05) is 10.2 Å². The fourth-order valence-electron chi connectivity index (χ4n) is 4.16. The van der Waals surface area contributed by atoms with Crippen molar-refractivity contribution in [1.29, 1.82) is 0 Å². The summed E-state index contributed by atoms with van der Waals surface area (Å²) in [5, 5.41) is 3.58. The van der Waals surface area contributed by atoms with Gasteiger partial charge in [0.15, 0.2) is 0 Å². The van der Waals surface area contributed by atoms with Gasteiger partial charge in [-0.3, -0.25) is 9.59 Å². The van der Waals surface area contributed by atoms with Gasteiger partial charge in [-0.05, 0) is 37.0 Å². The van der Waals surface area contributed by atoms with Crippen LogP contribution in [0.2, 0.25) is 0 Å². The first kappa shape index (κ1) is 15.9. The molecule has 5 heteroatoms. The number of carbonyl (C=O) groups excluding carboxylic acids is 1. The smallest absolute Gasteiger partial charge is 0.248 e. The first-order valence-electron chi connectivity index (χ1n) is 8.91. The molecule has 1 aromatic carbocycles. The third-order valence-electron chi connectivity index (χ3n) is 5.40. The predicted molar refractivity (Wildman–Crippen MR) is 98.7 cm³/mol. The minimum absolute atomic E-state index is 0.0347. The minimum Gasteiger partial charge on any atom is -0.376 e. The predicted octanol–water partition coefficient (Wildman–Crippen LogP) is 3.31. The van der Waals surface area contributed by atoms with Crippen molar-refractivity contribution in [1.82, 2.24) is 4.98 Å². The lowest BCUT2D eigenvalue weighted by molar-refractivity contribution is -0.117. The molecule has 1 saturated carbocycles. The molecule has 130 valence electrons. The van der Waals surface area contributed by atoms with Gasteiger partial charge in [0.1, 0.15) is 0 Å². The third-order valence-corrected chi connectivity index (χ3v) is 5.40. The summed E-state index contributed by atoms with van der Waals surface area (Å²) in [5.41, 5.74) is 2.51. The highest BCUT2D eigenvalue weighted by Gasteiger charge is 2.47. The molecule has 1 aromatic heterocycles. The first-order chi connectivity index (χ1) is 12.1. The summed E-state index contributed by atoms with van der Waals surface area (Å²) in [6.07, 6.45) is 2.32. The molecule has 0 radical (unpaired) electrons. The molecule has 2 unspecified atom stereocenters. The summed E-state index contributed by atoms with van der Waals surface area (Å²) in [6.45, 7) is 3.79. The maximum absolute atomic E-state index is 12.4. The molecule has 0 saturated heterocycles. The number of amides is 1. The van der Waals surface area contributed by atoms with Gasteiger partial charge in [0.05, 0.1) is 17.4 Å². The van der Waals surface area contributed by atoms with Gasteiger partial charge in [0.2, 0.25) is 11.5 Å². The Balaban J connectivity index is 1.82. The van der Waals surface area contributed by atoms with Gasteiger partial charge < -0.3 is 15.2 Å². The number of pyridine rings is 1. The van der Waals surface area contributed by atoms with E-state index in [2.05, 4.69) is 17.2 Å². The number of para-hydroxylation sites is 1. The average molecular weight is 337 g/mol. The zero-order valence-corrected chi connectivity index (χ0v) is 14.5. The second kappa shape index (κ2) is 6.06. The number of fused-ring (bicyclic) bond motifs is 1. The van der Waals surface area contributed by atoms with Crippen molar-refractivity contribution >= 4 is 17.3 Å². The van der Waals surface area contributed by atoms with Gasteiger partial charge >= 0.3 is 0 Å². The van der Waals surface area contributed by atoms with E-state index in [4.69, 9.17) is 0 Å². The molecule has 2 aliphatic rings. The summed E-state index contributed by atoms with van der Waals surface area (Å²) in [6, 6.07) is 13.4. The van der Waals surface area contributed by atoms with Crippen molar-refractivity contribution < 1.29 is 4.79 Å². The molecule has 1 amide bonds. The Hall–Kier alpha value is -2.56. The minimum atomic E-state index is -0.140. The third kappa shape index (κ3) is 2.84. The van der Waals surface area contributed by atoms with Crippen LogP contribution in [0.15, 0.2) is 47.3 Å². The molecular weight excluding hydrogens is 314 g/mol. The van der Waals surface area contributed by atoms with Crippen LogP contribution in [0.3, 0.4) is 0 Å². The maximum atomic E-state index is 12.4. The number of carbonyl (C=O) groups is 1. The average Bonchev–Trinajstić information content (AvgIpc) is 3.42. The lowest BCUT2D eigenvalue weighted by Gasteiger charge is -2.45. The van der Waals surface area contributed by atoms with Gasteiger partial charge in [-0.15, -0.1) is 0 Å². The molecule has 0 spiro atoms. The van der Waals surface area contributed by atoms with Crippen molar-refractivity contribution in [2.45, 2.75) is 38.8 Å². The Kier molecular flexibility index (Phi) is 3.86. The van der Waals surface area contributed by atoms with Crippen LogP contribution in [-0.2, 0) is 4.79 Å². The number of aromatic nitrogens is 1. The molecule has 2 N–H and O–H groups in total. The van der Waals surface area contributed by atoms with Crippen molar-refractivity contribution in [3.05, 3.63) is 58.5 Å². The van der Waals surface area contributed by atoms with Crippen molar-refractivity contribution in [3.63, 3.8) is 0 Å². The second-order valence-corrected chi connectivity index (χ2v) is 7.19. The highest BCUT2D eigenvalue weighted by atomic mass is 16.2. The largest absolute Gasteiger partial charge is 0.376 e. The van der Waals surface area contributed by atoms with Gasteiger partial charge in [0.25, 0.3) is 0 Å². The van der Waals surface area contributed by atoms with Crippen LogP contribution >= 0.6 is 0 Å². The quantitative estimate of drug-likeness (QED) is 0.903. The summed E-state index contributed by atoms with van der Waals surface area (Å²) >= 11 is 0. The number of nitrogens with one attached hydrogen (secondary N) is 2. The Labute approximate surface area is 147 Å². The molecule has 1 fully saturated rings. The van der Waals surface area contributed by atoms with Crippen LogP contribution in [0.25, 0.3) is 0 Å². The Morgan fingerprint density at radius 1 is 1.16 bits per heavy atom. The fourth-order valence-corrected chi connectivity index (χ4v) is 4.16. The molecule has 1 aliphatic carbocycles. The van der Waals surface area contributed by atoms with E-state index in [0.717, 1.165) is 29.9 Å². The second-order valence-electron chi connectivity index (χ2n) is 7.19. The molecule has 1 aliphatic heterocycles. The van der Waals surface area contributed by atoms with E-state index in [1.807, 2.05) is 35.2 Å². The highest BCUT2D eigenvalue weighted by Crippen LogP contribution is 2.49. The fraction of sp³-hybridized carbons (Fsp3) is 0.400. The number of rotatable bonds is 3. The van der Waals surface area contributed by atoms with Crippen LogP contribution in [0.4, 0.5) is 11.4 Å². The molecule has 0 bridgehead atoms. The molecule has 2 aromatic rings. The molecule has 2 heterocycles. The number of anilines is 2. The van der Waals surface area contributed by atoms with Crippen molar-refractivity contribution in [3.8, 4) is 0 Å². The van der Waals surface area contributed by atoms with Crippen LogP contribution in [0.5, 0.6) is 0 Å². The number of benzene rings is 1. The molecule has 3 atom stereocenters. The van der Waals surface area contributed by atoms with Gasteiger partial charge in [-0.1, -0.05) is 25.1 Å². The molecular formula is C20H23N3O2. The summed E-state index contributed by atoms with van der Waals surface area (Å²) < 4.78 is 0. The molecule has 25 heavy (non-hydrogen) atoms.